The van der Waals surface area contributed by atoms with E-state index in [4.69, 9.17) is 16.3 Å². The standard InChI is InChI=1S/C16H17ClINO/c1-3-20-13-6-4-5-11(9-13)16(19-2)14-10-12(17)7-8-15(14)18/h4-10,16,19H,3H2,1-2H3. The van der Waals surface area contributed by atoms with Crippen molar-refractivity contribution in [1.82, 2.24) is 5.32 Å². The van der Waals surface area contributed by atoms with Crippen LogP contribution in [0.25, 0.3) is 0 Å². The summed E-state index contributed by atoms with van der Waals surface area (Å²) in [5.74, 6) is 0.891. The minimum atomic E-state index is 0.0982. The van der Waals surface area contributed by atoms with Gasteiger partial charge in [-0.25, -0.2) is 0 Å². The van der Waals surface area contributed by atoms with Crippen molar-refractivity contribution in [2.24, 2.45) is 0 Å². The molecule has 1 atom stereocenters. The molecule has 20 heavy (non-hydrogen) atoms. The average molecular weight is 402 g/mol. The minimum absolute atomic E-state index is 0.0982. The van der Waals surface area contributed by atoms with Crippen LogP contribution in [0, 0.1) is 3.57 Å². The Bertz CT molecular complexity index is 588. The molecule has 0 aromatic heterocycles. The summed E-state index contributed by atoms with van der Waals surface area (Å²) in [7, 11) is 1.95. The first-order valence-corrected chi connectivity index (χ1v) is 7.96. The van der Waals surface area contributed by atoms with Crippen molar-refractivity contribution in [2.45, 2.75) is 13.0 Å². The van der Waals surface area contributed by atoms with Crippen LogP contribution in [0.1, 0.15) is 24.1 Å². The first-order chi connectivity index (χ1) is 9.65. The van der Waals surface area contributed by atoms with Crippen LogP contribution in [0.5, 0.6) is 5.75 Å². The highest BCUT2D eigenvalue weighted by atomic mass is 127. The van der Waals surface area contributed by atoms with E-state index in [-0.39, 0.29) is 6.04 Å². The molecule has 0 radical (unpaired) electrons. The van der Waals surface area contributed by atoms with E-state index in [9.17, 15) is 0 Å². The normalized spacial score (nSPS) is 12.2. The van der Waals surface area contributed by atoms with Gasteiger partial charge in [0.1, 0.15) is 5.75 Å². The Balaban J connectivity index is 2.41. The maximum absolute atomic E-state index is 6.13. The zero-order chi connectivity index (χ0) is 14.5. The second kappa shape index (κ2) is 7.29. The van der Waals surface area contributed by atoms with Crippen LogP contribution in [0.3, 0.4) is 0 Å². The molecule has 0 aliphatic heterocycles. The Hall–Kier alpha value is -0.780. The van der Waals surface area contributed by atoms with E-state index < -0.39 is 0 Å². The van der Waals surface area contributed by atoms with Crippen LogP contribution in [0.2, 0.25) is 5.02 Å². The van der Waals surface area contributed by atoms with Crippen molar-refractivity contribution in [3.8, 4) is 5.75 Å². The first-order valence-electron chi connectivity index (χ1n) is 6.50. The Kier molecular flexibility index (Phi) is 5.69. The molecule has 4 heteroatoms. The van der Waals surface area contributed by atoms with E-state index in [2.05, 4.69) is 40.0 Å². The van der Waals surface area contributed by atoms with Gasteiger partial charge in [0.25, 0.3) is 0 Å². The summed E-state index contributed by atoms with van der Waals surface area (Å²) in [6.07, 6.45) is 0. The first kappa shape index (κ1) is 15.6. The highest BCUT2D eigenvalue weighted by molar-refractivity contribution is 14.1. The van der Waals surface area contributed by atoms with E-state index in [1.165, 1.54) is 14.7 Å². The van der Waals surface area contributed by atoms with E-state index in [0.717, 1.165) is 10.8 Å². The number of halogens is 2. The van der Waals surface area contributed by atoms with Crippen LogP contribution < -0.4 is 10.1 Å². The summed E-state index contributed by atoms with van der Waals surface area (Å²) in [5, 5.41) is 4.10. The molecule has 2 rings (SSSR count). The second-order valence-electron chi connectivity index (χ2n) is 4.39. The maximum atomic E-state index is 6.13. The molecule has 0 fully saturated rings. The molecule has 1 unspecified atom stereocenters. The third-order valence-corrected chi connectivity index (χ3v) is 4.28. The third kappa shape index (κ3) is 3.65. The molecule has 0 aliphatic carbocycles. The van der Waals surface area contributed by atoms with E-state index in [1.54, 1.807) is 0 Å². The van der Waals surface area contributed by atoms with Gasteiger partial charge in [-0.15, -0.1) is 0 Å². The SMILES string of the molecule is CCOc1cccc(C(NC)c2cc(Cl)ccc2I)c1. The predicted molar refractivity (Wildman–Crippen MR) is 92.7 cm³/mol. The van der Waals surface area contributed by atoms with Crippen LogP contribution in [0.15, 0.2) is 42.5 Å². The molecule has 1 N–H and O–H groups in total. The van der Waals surface area contributed by atoms with Gasteiger partial charge in [-0.1, -0.05) is 23.7 Å². The monoisotopic (exact) mass is 401 g/mol. The van der Waals surface area contributed by atoms with Gasteiger partial charge in [0.15, 0.2) is 0 Å². The number of benzene rings is 2. The molecular formula is C16H17ClINO. The largest absolute Gasteiger partial charge is 0.494 e. The topological polar surface area (TPSA) is 21.3 Å². The summed E-state index contributed by atoms with van der Waals surface area (Å²) in [6.45, 7) is 2.66. The number of rotatable bonds is 5. The average Bonchev–Trinajstić information content (AvgIpc) is 2.44. The molecule has 2 aromatic rings. The summed E-state index contributed by atoms with van der Waals surface area (Å²) in [5.41, 5.74) is 2.34. The molecule has 0 aliphatic rings. The molecule has 106 valence electrons. The van der Waals surface area contributed by atoms with E-state index in [1.807, 2.05) is 44.3 Å². The van der Waals surface area contributed by atoms with Crippen LogP contribution >= 0.6 is 34.2 Å². The minimum Gasteiger partial charge on any atom is -0.494 e. The Morgan fingerprint density at radius 3 is 2.75 bits per heavy atom. The second-order valence-corrected chi connectivity index (χ2v) is 5.99. The quantitative estimate of drug-likeness (QED) is 0.736. The molecule has 0 bridgehead atoms. The summed E-state index contributed by atoms with van der Waals surface area (Å²) >= 11 is 8.47. The Morgan fingerprint density at radius 2 is 2.05 bits per heavy atom. The van der Waals surface area contributed by atoms with Gasteiger partial charge in [-0.3, -0.25) is 0 Å². The molecule has 2 aromatic carbocycles. The van der Waals surface area contributed by atoms with Crippen molar-refractivity contribution in [2.75, 3.05) is 13.7 Å². The molecular weight excluding hydrogens is 385 g/mol. The van der Waals surface area contributed by atoms with E-state index in [0.29, 0.717) is 6.61 Å². The van der Waals surface area contributed by atoms with Gasteiger partial charge < -0.3 is 10.1 Å². The molecule has 0 saturated carbocycles. The van der Waals surface area contributed by atoms with Crippen LogP contribution in [-0.4, -0.2) is 13.7 Å². The molecule has 2 nitrogen and oxygen atoms in total. The highest BCUT2D eigenvalue weighted by Crippen LogP contribution is 2.30. The number of ether oxygens (including phenoxy) is 1. The predicted octanol–water partition coefficient (Wildman–Crippen LogP) is 4.65. The van der Waals surface area contributed by atoms with Gasteiger partial charge in [-0.2, -0.15) is 0 Å². The lowest BCUT2D eigenvalue weighted by molar-refractivity contribution is 0.339. The molecule has 0 spiro atoms. The zero-order valence-electron chi connectivity index (χ0n) is 11.5. The summed E-state index contributed by atoms with van der Waals surface area (Å²) in [4.78, 5) is 0. The molecule has 0 saturated heterocycles. The fourth-order valence-corrected chi connectivity index (χ4v) is 3.02. The van der Waals surface area contributed by atoms with Crippen LogP contribution in [-0.2, 0) is 0 Å². The lowest BCUT2D eigenvalue weighted by atomic mass is 9.99. The van der Waals surface area contributed by atoms with Crippen molar-refractivity contribution >= 4 is 34.2 Å². The maximum Gasteiger partial charge on any atom is 0.119 e. The van der Waals surface area contributed by atoms with Crippen molar-refractivity contribution in [3.05, 3.63) is 62.2 Å². The highest BCUT2D eigenvalue weighted by Gasteiger charge is 2.16. The fourth-order valence-electron chi connectivity index (χ4n) is 2.19. The smallest absolute Gasteiger partial charge is 0.119 e. The van der Waals surface area contributed by atoms with Crippen molar-refractivity contribution in [3.63, 3.8) is 0 Å². The molecule has 0 amide bonds. The lowest BCUT2D eigenvalue weighted by Gasteiger charge is -2.20. The number of hydrogen-bond acceptors (Lipinski definition) is 2. The van der Waals surface area contributed by atoms with Gasteiger partial charge in [0.05, 0.1) is 12.6 Å². The number of nitrogens with one attached hydrogen (secondary N) is 1. The lowest BCUT2D eigenvalue weighted by Crippen LogP contribution is -2.18. The summed E-state index contributed by atoms with van der Waals surface area (Å²) < 4.78 is 6.76. The van der Waals surface area contributed by atoms with Gasteiger partial charge >= 0.3 is 0 Å². The Morgan fingerprint density at radius 1 is 1.25 bits per heavy atom. The Labute approximate surface area is 138 Å². The fraction of sp³-hybridized carbons (Fsp3) is 0.250. The van der Waals surface area contributed by atoms with Crippen molar-refractivity contribution < 1.29 is 4.74 Å². The summed E-state index contributed by atoms with van der Waals surface area (Å²) in [6, 6.07) is 14.2. The third-order valence-electron chi connectivity index (χ3n) is 3.06. The zero-order valence-corrected chi connectivity index (χ0v) is 14.4. The van der Waals surface area contributed by atoms with Gasteiger partial charge in [0.2, 0.25) is 0 Å². The molecule has 0 heterocycles. The van der Waals surface area contributed by atoms with Crippen LogP contribution in [0.4, 0.5) is 0 Å². The number of hydrogen-bond donors (Lipinski definition) is 1. The van der Waals surface area contributed by atoms with Crippen molar-refractivity contribution in [1.29, 1.82) is 0 Å². The van der Waals surface area contributed by atoms with E-state index >= 15 is 0 Å². The van der Waals surface area contributed by atoms with Gasteiger partial charge in [-0.05, 0) is 78.0 Å². The van der Waals surface area contributed by atoms with Gasteiger partial charge in [0, 0.05) is 8.59 Å².